The first-order valence-corrected chi connectivity index (χ1v) is 7.22. The van der Waals surface area contributed by atoms with Crippen LogP contribution in [-0.2, 0) is 14.4 Å². The van der Waals surface area contributed by atoms with Crippen molar-refractivity contribution in [2.75, 3.05) is 0 Å². The van der Waals surface area contributed by atoms with Crippen molar-refractivity contribution in [3.05, 3.63) is 11.6 Å². The number of carbonyl (C=O) groups excluding carboxylic acids is 1. The highest BCUT2D eigenvalue weighted by Gasteiger charge is 2.66. The van der Waals surface area contributed by atoms with Crippen molar-refractivity contribution in [2.45, 2.75) is 51.7 Å². The van der Waals surface area contributed by atoms with Gasteiger partial charge in [-0.2, -0.15) is 0 Å². The lowest BCUT2D eigenvalue weighted by atomic mass is 9.57. The Morgan fingerprint density at radius 3 is 2.79 bits per heavy atom. The fourth-order valence-electron chi connectivity index (χ4n) is 4.61. The summed E-state index contributed by atoms with van der Waals surface area (Å²) >= 11 is 0. The number of hydrogen-bond donors (Lipinski definition) is 1. The van der Waals surface area contributed by atoms with Crippen molar-refractivity contribution in [1.82, 2.24) is 0 Å². The van der Waals surface area contributed by atoms with Crippen molar-refractivity contribution in [3.63, 3.8) is 0 Å². The lowest BCUT2D eigenvalue weighted by Gasteiger charge is -2.52. The number of ether oxygens (including phenoxy) is 1. The Balaban J connectivity index is 2.11. The highest BCUT2D eigenvalue weighted by molar-refractivity contribution is 5.76. The van der Waals surface area contributed by atoms with Crippen molar-refractivity contribution < 1.29 is 19.7 Å². The number of allylic oxidation sites excluding steroid dienone is 1. The van der Waals surface area contributed by atoms with Crippen LogP contribution in [0.1, 0.15) is 40.0 Å². The first-order valence-electron chi connectivity index (χ1n) is 7.22. The fraction of sp³-hybridized carbons (Fsp3) is 0.800. The molecule has 1 N–H and O–H groups in total. The van der Waals surface area contributed by atoms with Gasteiger partial charge >= 0.3 is 5.97 Å². The average Bonchev–Trinajstić information content (AvgIpc) is 2.61. The summed E-state index contributed by atoms with van der Waals surface area (Å²) in [7, 11) is 0. The van der Waals surface area contributed by atoms with Crippen molar-refractivity contribution >= 4 is 5.97 Å². The van der Waals surface area contributed by atoms with E-state index < -0.39 is 11.7 Å². The number of hydrogen-bond acceptors (Lipinski definition) is 4. The van der Waals surface area contributed by atoms with E-state index in [4.69, 9.17) is 9.62 Å². The first kappa shape index (κ1) is 13.1. The molecule has 2 fully saturated rings. The van der Waals surface area contributed by atoms with Crippen molar-refractivity contribution in [1.29, 1.82) is 0 Å². The van der Waals surface area contributed by atoms with Crippen LogP contribution in [0.2, 0.25) is 0 Å². The van der Waals surface area contributed by atoms with Crippen LogP contribution in [0.5, 0.6) is 0 Å². The third-order valence-electron chi connectivity index (χ3n) is 5.65. The smallest absolute Gasteiger partial charge is 0.309 e. The molecule has 1 aliphatic heterocycles. The summed E-state index contributed by atoms with van der Waals surface area (Å²) in [5.74, 6) is 0.652. The highest BCUT2D eigenvalue weighted by atomic mass is 17.1. The summed E-state index contributed by atoms with van der Waals surface area (Å²) in [6, 6.07) is 0. The van der Waals surface area contributed by atoms with E-state index in [-0.39, 0.29) is 23.7 Å². The molecule has 0 radical (unpaired) electrons. The predicted octanol–water partition coefficient (Wildman–Crippen LogP) is 2.79. The second-order valence-electron chi connectivity index (χ2n) is 6.50. The zero-order valence-electron chi connectivity index (χ0n) is 11.8. The maximum absolute atomic E-state index is 12.1. The molecule has 0 aromatic heterocycles. The summed E-state index contributed by atoms with van der Waals surface area (Å²) in [6.45, 7) is 6.10. The molecule has 1 spiro atoms. The van der Waals surface area contributed by atoms with E-state index >= 15 is 0 Å². The quantitative estimate of drug-likeness (QED) is 0.261. The van der Waals surface area contributed by atoms with Gasteiger partial charge in [-0.15, -0.1) is 0 Å². The second kappa shape index (κ2) is 4.32. The maximum Gasteiger partial charge on any atom is 0.309 e. The zero-order valence-corrected chi connectivity index (χ0v) is 11.8. The predicted molar refractivity (Wildman–Crippen MR) is 69.2 cm³/mol. The van der Waals surface area contributed by atoms with Crippen LogP contribution in [0.25, 0.3) is 0 Å². The van der Waals surface area contributed by atoms with E-state index in [1.165, 1.54) is 0 Å². The van der Waals surface area contributed by atoms with E-state index in [1.54, 1.807) is 0 Å². The van der Waals surface area contributed by atoms with Crippen LogP contribution < -0.4 is 0 Å². The van der Waals surface area contributed by atoms with Gasteiger partial charge in [-0.3, -0.25) is 10.1 Å². The molecular weight excluding hydrogens is 245 g/mol. The lowest BCUT2D eigenvalue weighted by Crippen LogP contribution is -2.60. The number of rotatable bonds is 1. The molecule has 1 saturated heterocycles. The second-order valence-corrected chi connectivity index (χ2v) is 6.50. The molecule has 0 aromatic rings. The Hall–Kier alpha value is -0.870. The van der Waals surface area contributed by atoms with Gasteiger partial charge in [0.2, 0.25) is 0 Å². The minimum absolute atomic E-state index is 0.0986. The Bertz CT molecular complexity index is 430. The van der Waals surface area contributed by atoms with Crippen molar-refractivity contribution in [2.24, 2.45) is 23.7 Å². The van der Waals surface area contributed by atoms with E-state index in [2.05, 4.69) is 13.0 Å². The molecule has 0 bridgehead atoms. The van der Waals surface area contributed by atoms with Crippen LogP contribution in [0.3, 0.4) is 0 Å². The van der Waals surface area contributed by atoms with Gasteiger partial charge in [0.15, 0.2) is 11.7 Å². The molecule has 4 nitrogen and oxygen atoms in total. The van der Waals surface area contributed by atoms with E-state index in [0.29, 0.717) is 5.92 Å². The summed E-state index contributed by atoms with van der Waals surface area (Å²) in [4.78, 5) is 16.9. The fourth-order valence-corrected chi connectivity index (χ4v) is 4.61. The standard InChI is InChI=1S/C15H22O4/c1-8-4-7-12-10(3)14(16)18-15(12)11(8)6-5-9(2)13(15)19-17/h5,8,10-13,17H,4,6-7H2,1-3H3/t8-,10-,11+,12+,13-,15+/m1/s1/i2+1. The third kappa shape index (κ3) is 1.56. The van der Waals surface area contributed by atoms with Gasteiger partial charge in [0, 0.05) is 11.8 Å². The maximum atomic E-state index is 12.1. The molecule has 3 aliphatic rings. The van der Waals surface area contributed by atoms with Crippen LogP contribution in [0.4, 0.5) is 0 Å². The minimum atomic E-state index is -0.651. The molecule has 1 saturated carbocycles. The van der Waals surface area contributed by atoms with E-state index in [9.17, 15) is 10.1 Å². The Kier molecular flexibility index (Phi) is 2.98. The molecule has 0 unspecified atom stereocenters. The van der Waals surface area contributed by atoms with Gasteiger partial charge < -0.3 is 4.74 Å². The SMILES string of the molecule is C[C@@H]1CC[C@H]2[C@@H](C)C(=O)O[C@]23[C@H](OO)C([13CH3])=CC[C@@H]13. The van der Waals surface area contributed by atoms with E-state index in [1.807, 2.05) is 13.8 Å². The van der Waals surface area contributed by atoms with Gasteiger partial charge in [-0.1, -0.05) is 19.9 Å². The summed E-state index contributed by atoms with van der Waals surface area (Å²) in [5, 5.41) is 9.37. The molecule has 6 atom stereocenters. The summed E-state index contributed by atoms with van der Waals surface area (Å²) < 4.78 is 5.85. The van der Waals surface area contributed by atoms with E-state index in [0.717, 1.165) is 24.8 Å². The first-order chi connectivity index (χ1) is 9.02. The molecular formula is C15H22O4. The molecule has 0 amide bonds. The number of carbonyl (C=O) groups is 1. The molecule has 4 heteroatoms. The third-order valence-corrected chi connectivity index (χ3v) is 5.65. The normalized spacial score (nSPS) is 49.2. The topological polar surface area (TPSA) is 55.8 Å². The van der Waals surface area contributed by atoms with Crippen LogP contribution in [0, 0.1) is 23.7 Å². The largest absolute Gasteiger partial charge is 0.455 e. The summed E-state index contributed by atoms with van der Waals surface area (Å²) in [5.41, 5.74) is 0.321. The van der Waals surface area contributed by atoms with Crippen molar-refractivity contribution in [3.8, 4) is 0 Å². The average molecular weight is 267 g/mol. The minimum Gasteiger partial charge on any atom is -0.455 e. The van der Waals surface area contributed by atoms with Gasteiger partial charge in [-0.05, 0) is 37.7 Å². The van der Waals surface area contributed by atoms with Gasteiger partial charge in [0.25, 0.3) is 0 Å². The van der Waals surface area contributed by atoms with Crippen LogP contribution >= 0.6 is 0 Å². The zero-order chi connectivity index (χ0) is 13.8. The van der Waals surface area contributed by atoms with Crippen LogP contribution in [-0.4, -0.2) is 22.9 Å². The van der Waals surface area contributed by atoms with Gasteiger partial charge in [0.05, 0.1) is 5.92 Å². The lowest BCUT2D eigenvalue weighted by molar-refractivity contribution is -0.322. The van der Waals surface area contributed by atoms with Crippen LogP contribution in [0.15, 0.2) is 11.6 Å². The molecule has 106 valence electrons. The molecule has 0 aromatic carbocycles. The molecule has 2 aliphatic carbocycles. The number of esters is 1. The molecule has 1 heterocycles. The molecule has 3 rings (SSSR count). The Morgan fingerprint density at radius 2 is 2.11 bits per heavy atom. The molecule has 19 heavy (non-hydrogen) atoms. The Morgan fingerprint density at radius 1 is 1.37 bits per heavy atom. The Labute approximate surface area is 113 Å². The van der Waals surface area contributed by atoms with Gasteiger partial charge in [0.1, 0.15) is 0 Å². The highest BCUT2D eigenvalue weighted by Crippen LogP contribution is 2.57. The summed E-state index contributed by atoms with van der Waals surface area (Å²) in [6.07, 6.45) is 4.60. The van der Waals surface area contributed by atoms with Gasteiger partial charge in [-0.25, -0.2) is 4.89 Å². The monoisotopic (exact) mass is 267 g/mol.